The summed E-state index contributed by atoms with van der Waals surface area (Å²) < 4.78 is 4.24. The van der Waals surface area contributed by atoms with Gasteiger partial charge in [-0.05, 0) is 30.3 Å². The second kappa shape index (κ2) is 9.19. The summed E-state index contributed by atoms with van der Waals surface area (Å²) in [6.45, 7) is -0.00360. The van der Waals surface area contributed by atoms with Gasteiger partial charge in [0, 0.05) is 20.7 Å². The van der Waals surface area contributed by atoms with Gasteiger partial charge < -0.3 is 10.1 Å². The summed E-state index contributed by atoms with van der Waals surface area (Å²) in [5.41, 5.74) is 1.33. The largest absolute Gasteiger partial charge is 0.445 e. The molecule has 134 valence electrons. The number of hydrogen-bond donors (Lipinski definition) is 2. The van der Waals surface area contributed by atoms with Crippen molar-refractivity contribution in [2.45, 2.75) is 16.6 Å². The minimum atomic E-state index is -1.80. The number of carbonyl (C=O) groups is 1. The van der Waals surface area contributed by atoms with Gasteiger partial charge in [-0.2, -0.15) is 0 Å². The number of amides is 1. The molecule has 25 heavy (non-hydrogen) atoms. The molecule has 0 radical (unpaired) electrons. The Labute approximate surface area is 173 Å². The third kappa shape index (κ3) is 6.76. The molecule has 0 spiro atoms. The van der Waals surface area contributed by atoms with E-state index in [-0.39, 0.29) is 6.61 Å². The first-order valence-corrected chi connectivity index (χ1v) is 9.31. The Morgan fingerprint density at radius 1 is 1.12 bits per heavy atom. The lowest BCUT2D eigenvalue weighted by Gasteiger charge is -2.27. The van der Waals surface area contributed by atoms with E-state index >= 15 is 0 Å². The molecule has 0 aromatic heterocycles. The van der Waals surface area contributed by atoms with E-state index < -0.39 is 16.1 Å². The number of halogens is 5. The van der Waals surface area contributed by atoms with Crippen LogP contribution < -0.4 is 10.6 Å². The molecule has 4 nitrogen and oxygen atoms in total. The molecule has 1 unspecified atom stereocenters. The average Bonchev–Trinajstić information content (AvgIpc) is 2.54. The van der Waals surface area contributed by atoms with E-state index in [0.717, 1.165) is 4.47 Å². The number of ether oxygens (including phenoxy) is 1. The topological polar surface area (TPSA) is 50.4 Å². The predicted molar refractivity (Wildman–Crippen MR) is 107 cm³/mol. The van der Waals surface area contributed by atoms with Gasteiger partial charge in [0.2, 0.25) is 3.79 Å². The second-order valence-electron chi connectivity index (χ2n) is 4.94. The SMILES string of the molecule is O=C(NC(Nc1ccc(Br)cc1)C(Cl)(Cl)Cl)OCc1ccccc1Cl. The van der Waals surface area contributed by atoms with E-state index in [2.05, 4.69) is 26.6 Å². The first kappa shape index (κ1) is 20.5. The van der Waals surface area contributed by atoms with Crippen LogP contribution in [0.3, 0.4) is 0 Å². The maximum atomic E-state index is 12.0. The van der Waals surface area contributed by atoms with Gasteiger partial charge in [-0.15, -0.1) is 0 Å². The molecule has 0 aliphatic heterocycles. The molecule has 2 N–H and O–H groups in total. The quantitative estimate of drug-likeness (QED) is 0.394. The van der Waals surface area contributed by atoms with E-state index in [1.807, 2.05) is 12.1 Å². The maximum Gasteiger partial charge on any atom is 0.409 e. The maximum absolute atomic E-state index is 12.0. The van der Waals surface area contributed by atoms with E-state index in [0.29, 0.717) is 16.3 Å². The third-order valence-electron chi connectivity index (χ3n) is 3.06. The van der Waals surface area contributed by atoms with Crippen molar-refractivity contribution in [1.29, 1.82) is 0 Å². The van der Waals surface area contributed by atoms with E-state index in [1.54, 1.807) is 36.4 Å². The molecule has 0 saturated heterocycles. The number of alkyl carbamates (subject to hydrolysis) is 1. The van der Waals surface area contributed by atoms with Crippen molar-refractivity contribution in [2.24, 2.45) is 0 Å². The Bertz CT molecular complexity index is 723. The lowest BCUT2D eigenvalue weighted by atomic mass is 10.2. The molecular weight excluding hydrogens is 474 g/mol. The highest BCUT2D eigenvalue weighted by Gasteiger charge is 2.34. The molecule has 2 aromatic carbocycles. The Kier molecular flexibility index (Phi) is 7.52. The van der Waals surface area contributed by atoms with Crippen molar-refractivity contribution in [1.82, 2.24) is 5.32 Å². The predicted octanol–water partition coefficient (Wildman–Crippen LogP) is 6.14. The Hall–Kier alpha value is -0.850. The molecule has 0 bridgehead atoms. The highest BCUT2D eigenvalue weighted by Crippen LogP contribution is 2.31. The van der Waals surface area contributed by atoms with Gasteiger partial charge in [0.25, 0.3) is 0 Å². The summed E-state index contributed by atoms with van der Waals surface area (Å²) in [4.78, 5) is 12.0. The highest BCUT2D eigenvalue weighted by molar-refractivity contribution is 9.10. The zero-order valence-electron chi connectivity index (χ0n) is 12.6. The summed E-state index contributed by atoms with van der Waals surface area (Å²) in [5, 5.41) is 5.92. The lowest BCUT2D eigenvalue weighted by Crippen LogP contribution is -2.49. The third-order valence-corrected chi connectivity index (χ3v) is 4.61. The van der Waals surface area contributed by atoms with Gasteiger partial charge in [0.15, 0.2) is 0 Å². The molecule has 9 heteroatoms. The molecule has 0 aliphatic carbocycles. The number of nitrogens with one attached hydrogen (secondary N) is 2. The first-order valence-electron chi connectivity index (χ1n) is 7.01. The van der Waals surface area contributed by atoms with Crippen LogP contribution in [0.5, 0.6) is 0 Å². The van der Waals surface area contributed by atoms with Crippen molar-refractivity contribution >= 4 is 74.1 Å². The minimum Gasteiger partial charge on any atom is -0.445 e. The van der Waals surface area contributed by atoms with Gasteiger partial charge in [-0.1, -0.05) is 80.5 Å². The van der Waals surface area contributed by atoms with Gasteiger partial charge in [-0.25, -0.2) is 4.79 Å². The van der Waals surface area contributed by atoms with Crippen LogP contribution >= 0.6 is 62.3 Å². The highest BCUT2D eigenvalue weighted by atomic mass is 79.9. The van der Waals surface area contributed by atoms with Crippen LogP contribution in [0.2, 0.25) is 5.02 Å². The van der Waals surface area contributed by atoms with E-state index in [9.17, 15) is 4.79 Å². The zero-order valence-corrected chi connectivity index (χ0v) is 17.2. The van der Waals surface area contributed by atoms with Crippen molar-refractivity contribution in [3.63, 3.8) is 0 Å². The lowest BCUT2D eigenvalue weighted by molar-refractivity contribution is 0.137. The van der Waals surface area contributed by atoms with Crippen LogP contribution in [0.4, 0.5) is 10.5 Å². The van der Waals surface area contributed by atoms with Crippen LogP contribution in [0, 0.1) is 0 Å². The van der Waals surface area contributed by atoms with Crippen LogP contribution in [0.15, 0.2) is 53.0 Å². The number of carbonyl (C=O) groups excluding carboxylic acids is 1. The molecule has 0 saturated carbocycles. The average molecular weight is 487 g/mol. The molecular formula is C16H13BrCl4N2O2. The second-order valence-corrected chi connectivity index (χ2v) is 8.63. The summed E-state index contributed by atoms with van der Waals surface area (Å²) in [5.74, 6) is 0. The smallest absolute Gasteiger partial charge is 0.409 e. The first-order chi connectivity index (χ1) is 11.8. The number of anilines is 1. The molecule has 2 rings (SSSR count). The molecule has 0 fully saturated rings. The summed E-state index contributed by atoms with van der Waals surface area (Å²) in [7, 11) is 0. The van der Waals surface area contributed by atoms with E-state index in [1.165, 1.54) is 0 Å². The summed E-state index contributed by atoms with van der Waals surface area (Å²) >= 11 is 27.2. The summed E-state index contributed by atoms with van der Waals surface area (Å²) in [6, 6.07) is 14.2. The zero-order chi connectivity index (χ0) is 18.4. The summed E-state index contributed by atoms with van der Waals surface area (Å²) in [6.07, 6.45) is -1.75. The molecule has 1 amide bonds. The van der Waals surface area contributed by atoms with Crippen LogP contribution in [-0.4, -0.2) is 16.1 Å². The molecule has 2 aromatic rings. The van der Waals surface area contributed by atoms with Crippen LogP contribution in [0.1, 0.15) is 5.56 Å². The van der Waals surface area contributed by atoms with Crippen molar-refractivity contribution in [3.05, 3.63) is 63.6 Å². The fourth-order valence-corrected chi connectivity index (χ4v) is 2.61. The minimum absolute atomic E-state index is 0.00360. The molecule has 1 atom stereocenters. The molecule has 0 aliphatic rings. The Morgan fingerprint density at radius 2 is 1.76 bits per heavy atom. The number of rotatable bonds is 5. The van der Waals surface area contributed by atoms with Crippen LogP contribution in [-0.2, 0) is 11.3 Å². The van der Waals surface area contributed by atoms with Gasteiger partial charge in [-0.3, -0.25) is 5.32 Å². The fraction of sp³-hybridized carbons (Fsp3) is 0.188. The van der Waals surface area contributed by atoms with Gasteiger partial charge >= 0.3 is 6.09 Å². The van der Waals surface area contributed by atoms with Crippen molar-refractivity contribution in [3.8, 4) is 0 Å². The van der Waals surface area contributed by atoms with Gasteiger partial charge in [0.1, 0.15) is 12.8 Å². The Morgan fingerprint density at radius 3 is 2.36 bits per heavy atom. The number of hydrogen-bond acceptors (Lipinski definition) is 3. The number of benzene rings is 2. The molecule has 0 heterocycles. The van der Waals surface area contributed by atoms with Crippen molar-refractivity contribution in [2.75, 3.05) is 5.32 Å². The normalized spacial score (nSPS) is 12.4. The van der Waals surface area contributed by atoms with Gasteiger partial charge in [0.05, 0.1) is 0 Å². The van der Waals surface area contributed by atoms with E-state index in [4.69, 9.17) is 51.1 Å². The number of alkyl halides is 3. The van der Waals surface area contributed by atoms with Crippen LogP contribution in [0.25, 0.3) is 0 Å². The standard InChI is InChI=1S/C16H13BrCl4N2O2/c17-11-5-7-12(8-6-11)22-14(16(19,20)21)23-15(24)25-9-10-3-1-2-4-13(10)18/h1-8,14,22H,9H2,(H,23,24). The van der Waals surface area contributed by atoms with Crippen molar-refractivity contribution < 1.29 is 9.53 Å². The monoisotopic (exact) mass is 484 g/mol. The Balaban J connectivity index is 1.98. The fourth-order valence-electron chi connectivity index (χ4n) is 1.83.